The second-order valence-corrected chi connectivity index (χ2v) is 5.87. The van der Waals surface area contributed by atoms with Crippen LogP contribution in [0.5, 0.6) is 5.75 Å². The van der Waals surface area contributed by atoms with Crippen molar-refractivity contribution in [3.05, 3.63) is 41.2 Å². The third kappa shape index (κ3) is 3.36. The van der Waals surface area contributed by atoms with Gasteiger partial charge in [-0.25, -0.2) is 4.63 Å². The largest absolute Gasteiger partial charge is 0.496 e. The van der Waals surface area contributed by atoms with E-state index in [-0.39, 0.29) is 12.3 Å². The van der Waals surface area contributed by atoms with E-state index in [0.29, 0.717) is 17.3 Å². The highest BCUT2D eigenvalue weighted by Gasteiger charge is 2.26. The second-order valence-electron chi connectivity index (χ2n) is 5.87. The van der Waals surface area contributed by atoms with Crippen molar-refractivity contribution in [3.8, 4) is 5.75 Å². The first-order valence-electron chi connectivity index (χ1n) is 7.87. The molecule has 0 N–H and O–H groups in total. The lowest BCUT2D eigenvalue weighted by Crippen LogP contribution is -2.39. The normalized spacial score (nSPS) is 15.7. The first kappa shape index (κ1) is 15.5. The van der Waals surface area contributed by atoms with Crippen molar-refractivity contribution in [3.63, 3.8) is 0 Å². The molecule has 0 atom stereocenters. The Balaban J connectivity index is 1.60. The predicted molar refractivity (Wildman–Crippen MR) is 84.3 cm³/mol. The number of para-hydroxylation sites is 1. The zero-order chi connectivity index (χ0) is 16.2. The number of nitrogens with zero attached hydrogens (tertiary/aromatic N) is 3. The standard InChI is InChI=1S/C17H21N3O3/c1-12-15(19-23-18-12)11-17(21)20-9-7-13(8-10-20)14-5-3-4-6-16(14)22-2/h3-6,13H,7-11H2,1-2H3. The highest BCUT2D eigenvalue weighted by molar-refractivity contribution is 5.78. The number of piperidine rings is 1. The van der Waals surface area contributed by atoms with E-state index in [9.17, 15) is 4.79 Å². The molecule has 1 aromatic carbocycles. The molecule has 0 unspecified atom stereocenters. The molecule has 1 aliphatic heterocycles. The van der Waals surface area contributed by atoms with Crippen molar-refractivity contribution in [2.24, 2.45) is 0 Å². The van der Waals surface area contributed by atoms with Gasteiger partial charge in [-0.15, -0.1) is 0 Å². The highest BCUT2D eigenvalue weighted by Crippen LogP contribution is 2.34. The molecular weight excluding hydrogens is 294 g/mol. The fourth-order valence-corrected chi connectivity index (χ4v) is 3.11. The van der Waals surface area contributed by atoms with Gasteiger partial charge in [0.1, 0.15) is 17.1 Å². The highest BCUT2D eigenvalue weighted by atomic mass is 16.6. The Morgan fingerprint density at radius 1 is 1.30 bits per heavy atom. The summed E-state index contributed by atoms with van der Waals surface area (Å²) >= 11 is 0. The molecular formula is C17H21N3O3. The summed E-state index contributed by atoms with van der Waals surface area (Å²) in [7, 11) is 1.70. The van der Waals surface area contributed by atoms with Crippen molar-refractivity contribution in [1.82, 2.24) is 15.2 Å². The molecule has 122 valence electrons. The molecule has 6 nitrogen and oxygen atoms in total. The van der Waals surface area contributed by atoms with Crippen molar-refractivity contribution < 1.29 is 14.2 Å². The number of hydrogen-bond acceptors (Lipinski definition) is 5. The van der Waals surface area contributed by atoms with Crippen LogP contribution in [0.4, 0.5) is 0 Å². The molecule has 1 amide bonds. The smallest absolute Gasteiger partial charge is 0.228 e. The number of ether oxygens (including phenoxy) is 1. The van der Waals surface area contributed by atoms with E-state index in [4.69, 9.17) is 4.74 Å². The molecule has 0 bridgehead atoms. The zero-order valence-electron chi connectivity index (χ0n) is 13.5. The van der Waals surface area contributed by atoms with Gasteiger partial charge in [0, 0.05) is 13.1 Å². The van der Waals surface area contributed by atoms with Gasteiger partial charge in [0.15, 0.2) is 0 Å². The number of benzene rings is 1. The molecule has 1 saturated heterocycles. The van der Waals surface area contributed by atoms with Gasteiger partial charge in [-0.3, -0.25) is 4.79 Å². The summed E-state index contributed by atoms with van der Waals surface area (Å²) in [4.78, 5) is 14.3. The lowest BCUT2D eigenvalue weighted by molar-refractivity contribution is -0.131. The maximum Gasteiger partial charge on any atom is 0.228 e. The summed E-state index contributed by atoms with van der Waals surface area (Å²) in [6.45, 7) is 3.31. The van der Waals surface area contributed by atoms with Gasteiger partial charge in [-0.2, -0.15) is 0 Å². The number of aryl methyl sites for hydroxylation is 1. The molecule has 0 spiro atoms. The van der Waals surface area contributed by atoms with Crippen LogP contribution in [0, 0.1) is 6.92 Å². The van der Waals surface area contributed by atoms with Gasteiger partial charge in [-0.1, -0.05) is 28.5 Å². The number of aromatic nitrogens is 2. The predicted octanol–water partition coefficient (Wildman–Crippen LogP) is 2.34. The van der Waals surface area contributed by atoms with Crippen LogP contribution in [0.3, 0.4) is 0 Å². The van der Waals surface area contributed by atoms with E-state index in [1.54, 1.807) is 14.0 Å². The molecule has 23 heavy (non-hydrogen) atoms. The topological polar surface area (TPSA) is 68.5 Å². The molecule has 2 heterocycles. The van der Waals surface area contributed by atoms with E-state index in [0.717, 1.165) is 31.7 Å². The fraction of sp³-hybridized carbons (Fsp3) is 0.471. The summed E-state index contributed by atoms with van der Waals surface area (Å²) in [6, 6.07) is 8.13. The Morgan fingerprint density at radius 2 is 2.04 bits per heavy atom. The SMILES string of the molecule is COc1ccccc1C1CCN(C(=O)Cc2nonc2C)CC1. The van der Waals surface area contributed by atoms with Crippen LogP contribution in [0.15, 0.2) is 28.9 Å². The maximum atomic E-state index is 12.4. The molecule has 3 rings (SSSR count). The number of carbonyl (C=O) groups is 1. The van der Waals surface area contributed by atoms with E-state index >= 15 is 0 Å². The number of amides is 1. The van der Waals surface area contributed by atoms with Crippen LogP contribution < -0.4 is 4.74 Å². The minimum absolute atomic E-state index is 0.0854. The third-order valence-corrected chi connectivity index (χ3v) is 4.49. The quantitative estimate of drug-likeness (QED) is 0.866. The van der Waals surface area contributed by atoms with Crippen molar-refractivity contribution in [1.29, 1.82) is 0 Å². The first-order valence-corrected chi connectivity index (χ1v) is 7.87. The van der Waals surface area contributed by atoms with Crippen LogP contribution in [0.25, 0.3) is 0 Å². The van der Waals surface area contributed by atoms with E-state index in [1.165, 1.54) is 5.56 Å². The van der Waals surface area contributed by atoms with Crippen LogP contribution in [0.1, 0.15) is 35.7 Å². The molecule has 0 radical (unpaired) electrons. The second kappa shape index (κ2) is 6.81. The van der Waals surface area contributed by atoms with Crippen LogP contribution in [-0.4, -0.2) is 41.3 Å². The van der Waals surface area contributed by atoms with E-state index in [1.807, 2.05) is 23.1 Å². The molecule has 6 heteroatoms. The van der Waals surface area contributed by atoms with Gasteiger partial charge in [0.2, 0.25) is 5.91 Å². The van der Waals surface area contributed by atoms with Gasteiger partial charge >= 0.3 is 0 Å². The average molecular weight is 315 g/mol. The number of rotatable bonds is 4. The summed E-state index contributed by atoms with van der Waals surface area (Å²) in [5.41, 5.74) is 2.54. The number of likely N-dealkylation sites (tertiary alicyclic amines) is 1. The van der Waals surface area contributed by atoms with Gasteiger partial charge < -0.3 is 9.64 Å². The lowest BCUT2D eigenvalue weighted by atomic mass is 9.88. The summed E-state index contributed by atoms with van der Waals surface area (Å²) < 4.78 is 10.1. The lowest BCUT2D eigenvalue weighted by Gasteiger charge is -2.32. The van der Waals surface area contributed by atoms with Crippen molar-refractivity contribution in [2.45, 2.75) is 32.1 Å². The number of methoxy groups -OCH3 is 1. The summed E-state index contributed by atoms with van der Waals surface area (Å²) in [5, 5.41) is 7.50. The van der Waals surface area contributed by atoms with Crippen LogP contribution in [0.2, 0.25) is 0 Å². The minimum Gasteiger partial charge on any atom is -0.496 e. The molecule has 0 aliphatic carbocycles. The van der Waals surface area contributed by atoms with E-state index < -0.39 is 0 Å². The Bertz CT molecular complexity index is 675. The summed E-state index contributed by atoms with van der Waals surface area (Å²) in [5.74, 6) is 1.45. The molecule has 1 aliphatic rings. The Labute approximate surface area is 135 Å². The van der Waals surface area contributed by atoms with Gasteiger partial charge in [0.25, 0.3) is 0 Å². The zero-order valence-corrected chi connectivity index (χ0v) is 13.5. The third-order valence-electron chi connectivity index (χ3n) is 4.49. The van der Waals surface area contributed by atoms with Crippen LogP contribution in [-0.2, 0) is 11.2 Å². The Kier molecular flexibility index (Phi) is 4.60. The minimum atomic E-state index is 0.0854. The van der Waals surface area contributed by atoms with Crippen molar-refractivity contribution >= 4 is 5.91 Å². The van der Waals surface area contributed by atoms with Crippen LogP contribution >= 0.6 is 0 Å². The fourth-order valence-electron chi connectivity index (χ4n) is 3.11. The average Bonchev–Trinajstić information content (AvgIpc) is 3.00. The molecule has 2 aromatic rings. The molecule has 1 aromatic heterocycles. The van der Waals surface area contributed by atoms with Gasteiger partial charge in [-0.05, 0) is 37.3 Å². The monoisotopic (exact) mass is 315 g/mol. The van der Waals surface area contributed by atoms with Crippen molar-refractivity contribution in [2.75, 3.05) is 20.2 Å². The van der Waals surface area contributed by atoms with E-state index in [2.05, 4.69) is 21.0 Å². The molecule has 1 fully saturated rings. The number of carbonyl (C=O) groups excluding carboxylic acids is 1. The first-order chi connectivity index (χ1) is 11.2. The molecule has 0 saturated carbocycles. The van der Waals surface area contributed by atoms with Gasteiger partial charge in [0.05, 0.1) is 13.5 Å². The maximum absolute atomic E-state index is 12.4. The Hall–Kier alpha value is -2.37. The Morgan fingerprint density at radius 3 is 2.70 bits per heavy atom. The number of hydrogen-bond donors (Lipinski definition) is 0. The summed E-state index contributed by atoms with van der Waals surface area (Å²) in [6.07, 6.45) is 2.15.